The highest BCUT2D eigenvalue weighted by atomic mass is 16.5. The Morgan fingerprint density at radius 2 is 2.30 bits per heavy atom. The van der Waals surface area contributed by atoms with E-state index in [9.17, 15) is 4.79 Å². The second-order valence-electron chi connectivity index (χ2n) is 2.24. The van der Waals surface area contributed by atoms with Gasteiger partial charge in [-0.1, -0.05) is 0 Å². The van der Waals surface area contributed by atoms with Gasteiger partial charge >= 0.3 is 0 Å². The lowest BCUT2D eigenvalue weighted by Crippen LogP contribution is -2.07. The molecule has 0 heterocycles. The van der Waals surface area contributed by atoms with E-state index in [1.807, 2.05) is 19.8 Å². The highest BCUT2D eigenvalue weighted by Crippen LogP contribution is 1.90. The van der Waals surface area contributed by atoms with Crippen molar-refractivity contribution in [3.05, 3.63) is 0 Å². The summed E-state index contributed by atoms with van der Waals surface area (Å²) in [5.41, 5.74) is 0. The van der Waals surface area contributed by atoms with Crippen molar-refractivity contribution in [3.8, 4) is 12.3 Å². The van der Waals surface area contributed by atoms with Crippen LogP contribution in [0.1, 0.15) is 20.3 Å². The van der Waals surface area contributed by atoms with Crippen LogP contribution in [0.5, 0.6) is 0 Å². The molecule has 2 nitrogen and oxygen atoms in total. The van der Waals surface area contributed by atoms with Crippen LogP contribution < -0.4 is 0 Å². The molecule has 0 rings (SSSR count). The zero-order chi connectivity index (χ0) is 7.98. The average Bonchev–Trinajstić information content (AvgIpc) is 1.87. The van der Waals surface area contributed by atoms with Crippen LogP contribution in [-0.4, -0.2) is 18.5 Å². The number of ketones is 1. The molecule has 0 aliphatic carbocycles. The monoisotopic (exact) mass is 140 g/mol. The average molecular weight is 140 g/mol. The lowest BCUT2D eigenvalue weighted by molar-refractivity contribution is -0.115. The largest absolute Gasteiger partial charge is 0.378 e. The van der Waals surface area contributed by atoms with Gasteiger partial charge in [0.05, 0.1) is 12.7 Å². The maximum Gasteiger partial charge on any atom is 0.207 e. The van der Waals surface area contributed by atoms with Crippen LogP contribution in [0.15, 0.2) is 0 Å². The molecule has 56 valence electrons. The van der Waals surface area contributed by atoms with E-state index in [0.29, 0.717) is 13.0 Å². The van der Waals surface area contributed by atoms with Crippen molar-refractivity contribution in [1.82, 2.24) is 0 Å². The molecule has 0 aromatic heterocycles. The summed E-state index contributed by atoms with van der Waals surface area (Å²) < 4.78 is 5.10. The van der Waals surface area contributed by atoms with E-state index in [0.717, 1.165) is 0 Å². The van der Waals surface area contributed by atoms with E-state index in [2.05, 4.69) is 0 Å². The number of carbonyl (C=O) groups is 1. The number of hydrogen-bond donors (Lipinski definition) is 0. The predicted octanol–water partition coefficient (Wildman–Crippen LogP) is 1.00. The summed E-state index contributed by atoms with van der Waals surface area (Å²) in [5, 5.41) is 0. The molecule has 0 aliphatic heterocycles. The van der Waals surface area contributed by atoms with Crippen molar-refractivity contribution >= 4 is 5.78 Å². The van der Waals surface area contributed by atoms with Gasteiger partial charge in [0.1, 0.15) is 0 Å². The minimum Gasteiger partial charge on any atom is -0.378 e. The molecule has 0 aliphatic rings. The van der Waals surface area contributed by atoms with Gasteiger partial charge < -0.3 is 4.74 Å². The Labute approximate surface area is 61.6 Å². The van der Waals surface area contributed by atoms with Crippen molar-refractivity contribution in [2.24, 2.45) is 0 Å². The maximum atomic E-state index is 10.5. The van der Waals surface area contributed by atoms with Crippen molar-refractivity contribution in [2.45, 2.75) is 26.4 Å². The number of Topliss-reactive ketones (excluding diaryl/α,β-unsaturated/α-hetero) is 1. The minimum absolute atomic E-state index is 0.172. The summed E-state index contributed by atoms with van der Waals surface area (Å²) in [6, 6.07) is 0. The second kappa shape index (κ2) is 5.01. The molecule has 0 aromatic rings. The van der Waals surface area contributed by atoms with Gasteiger partial charge in [0.25, 0.3) is 0 Å². The summed E-state index contributed by atoms with van der Waals surface area (Å²) in [7, 11) is 0. The van der Waals surface area contributed by atoms with Crippen LogP contribution in [0.4, 0.5) is 0 Å². The summed E-state index contributed by atoms with van der Waals surface area (Å²) in [6.45, 7) is 4.27. The normalized spacial score (nSPS) is 9.40. The molecule has 0 saturated carbocycles. The highest BCUT2D eigenvalue weighted by molar-refractivity contribution is 5.94. The molecule has 0 aromatic carbocycles. The van der Waals surface area contributed by atoms with Gasteiger partial charge in [-0.15, -0.1) is 6.42 Å². The van der Waals surface area contributed by atoms with Gasteiger partial charge in [-0.3, -0.25) is 4.79 Å². The molecule has 0 fully saturated rings. The zero-order valence-corrected chi connectivity index (χ0v) is 6.39. The van der Waals surface area contributed by atoms with E-state index in [4.69, 9.17) is 11.2 Å². The lowest BCUT2D eigenvalue weighted by atomic mass is 10.3. The van der Waals surface area contributed by atoms with Crippen molar-refractivity contribution < 1.29 is 9.53 Å². The molecular formula is C8H12O2. The van der Waals surface area contributed by atoms with E-state index >= 15 is 0 Å². The Balaban J connectivity index is 3.22. The van der Waals surface area contributed by atoms with Crippen LogP contribution in [0.25, 0.3) is 0 Å². The molecule has 0 amide bonds. The molecule has 0 spiro atoms. The maximum absolute atomic E-state index is 10.5. The van der Waals surface area contributed by atoms with Crippen LogP contribution in [0.3, 0.4) is 0 Å². The first-order valence-corrected chi connectivity index (χ1v) is 3.28. The molecule has 0 unspecified atom stereocenters. The van der Waals surface area contributed by atoms with Gasteiger partial charge in [-0.2, -0.15) is 0 Å². The number of carbonyl (C=O) groups excluding carboxylic acids is 1. The van der Waals surface area contributed by atoms with Gasteiger partial charge in [0.15, 0.2) is 0 Å². The number of terminal acetylenes is 1. The molecule has 2 heteroatoms. The highest BCUT2D eigenvalue weighted by Gasteiger charge is 1.97. The van der Waals surface area contributed by atoms with Gasteiger partial charge in [-0.25, -0.2) is 0 Å². The van der Waals surface area contributed by atoms with Gasteiger partial charge in [0, 0.05) is 6.42 Å². The van der Waals surface area contributed by atoms with Crippen molar-refractivity contribution in [2.75, 3.05) is 6.61 Å². The Hall–Kier alpha value is -0.810. The van der Waals surface area contributed by atoms with Crippen molar-refractivity contribution in [3.63, 3.8) is 0 Å². The first-order valence-electron chi connectivity index (χ1n) is 3.28. The van der Waals surface area contributed by atoms with Gasteiger partial charge in [0.2, 0.25) is 5.78 Å². The van der Waals surface area contributed by atoms with Crippen LogP contribution in [0, 0.1) is 12.3 Å². The standard InChI is InChI=1S/C8H12O2/c1-4-8(9)5-6-10-7(2)3/h1,7H,5-6H2,2-3H3. The zero-order valence-electron chi connectivity index (χ0n) is 6.39. The topological polar surface area (TPSA) is 26.3 Å². The molecule has 0 bridgehead atoms. The number of rotatable bonds is 4. The summed E-state index contributed by atoms with van der Waals surface area (Å²) in [5.74, 6) is 1.83. The smallest absolute Gasteiger partial charge is 0.207 e. The number of ether oxygens (including phenoxy) is 1. The van der Waals surface area contributed by atoms with Crippen LogP contribution >= 0.6 is 0 Å². The SMILES string of the molecule is C#CC(=O)CCOC(C)C. The van der Waals surface area contributed by atoms with E-state index < -0.39 is 0 Å². The Morgan fingerprint density at radius 1 is 1.70 bits per heavy atom. The van der Waals surface area contributed by atoms with Crippen molar-refractivity contribution in [1.29, 1.82) is 0 Å². The number of hydrogen-bond acceptors (Lipinski definition) is 2. The lowest BCUT2D eigenvalue weighted by Gasteiger charge is -2.03. The third-order valence-electron chi connectivity index (χ3n) is 0.941. The van der Waals surface area contributed by atoms with Gasteiger partial charge in [-0.05, 0) is 19.8 Å². The fraction of sp³-hybridized carbons (Fsp3) is 0.625. The van der Waals surface area contributed by atoms with E-state index in [-0.39, 0.29) is 11.9 Å². The summed E-state index contributed by atoms with van der Waals surface area (Å²) in [4.78, 5) is 10.5. The quantitative estimate of drug-likeness (QED) is 0.430. The molecule has 0 saturated heterocycles. The fourth-order valence-electron chi connectivity index (χ4n) is 0.459. The van der Waals surface area contributed by atoms with E-state index in [1.165, 1.54) is 0 Å². The third-order valence-corrected chi connectivity index (χ3v) is 0.941. The fourth-order valence-corrected chi connectivity index (χ4v) is 0.459. The Morgan fingerprint density at radius 3 is 2.70 bits per heavy atom. The molecular weight excluding hydrogens is 128 g/mol. The Bertz CT molecular complexity index is 142. The molecule has 10 heavy (non-hydrogen) atoms. The molecule has 0 atom stereocenters. The minimum atomic E-state index is -0.194. The van der Waals surface area contributed by atoms with Crippen LogP contribution in [0.2, 0.25) is 0 Å². The summed E-state index contributed by atoms with van der Waals surface area (Å²) in [6.07, 6.45) is 5.33. The molecule has 0 radical (unpaired) electrons. The predicted molar refractivity (Wildman–Crippen MR) is 39.5 cm³/mol. The first-order chi connectivity index (χ1) is 4.66. The molecule has 0 N–H and O–H groups in total. The Kier molecular flexibility index (Phi) is 4.61. The summed E-state index contributed by atoms with van der Waals surface area (Å²) >= 11 is 0. The first kappa shape index (κ1) is 9.19. The second-order valence-corrected chi connectivity index (χ2v) is 2.24. The van der Waals surface area contributed by atoms with Crippen LogP contribution in [-0.2, 0) is 9.53 Å². The van der Waals surface area contributed by atoms with E-state index in [1.54, 1.807) is 0 Å². The third kappa shape index (κ3) is 5.33.